The van der Waals surface area contributed by atoms with E-state index in [1.807, 2.05) is 13.8 Å². The molecule has 1 heterocycles. The van der Waals surface area contributed by atoms with Crippen LogP contribution in [-0.2, 0) is 4.79 Å². The minimum absolute atomic E-state index is 0.808. The van der Waals surface area contributed by atoms with Crippen molar-refractivity contribution in [3.63, 3.8) is 0 Å². The Balaban J connectivity index is 2.94. The maximum atomic E-state index is 10.8. The Bertz CT molecular complexity index is 281. The van der Waals surface area contributed by atoms with Crippen molar-refractivity contribution in [1.29, 1.82) is 0 Å². The third-order valence-corrected chi connectivity index (χ3v) is 1.95. The van der Waals surface area contributed by atoms with Crippen LogP contribution in [0.4, 0.5) is 0 Å². The predicted molar refractivity (Wildman–Crippen MR) is 46.0 cm³/mol. The fraction of sp³-hybridized carbons (Fsp3) is 0.500. The second-order valence-electron chi connectivity index (χ2n) is 3.10. The van der Waals surface area contributed by atoms with Crippen molar-refractivity contribution in [2.45, 2.75) is 26.3 Å². The van der Waals surface area contributed by atoms with Gasteiger partial charge in [-0.05, 0) is 20.8 Å². The average Bonchev–Trinajstić information content (AvgIpc) is 1.97. The quantitative estimate of drug-likeness (QED) is 0.607. The minimum Gasteiger partial charge on any atom is -0.479 e. The van der Waals surface area contributed by atoms with Gasteiger partial charge < -0.3 is 10.4 Å². The van der Waals surface area contributed by atoms with Crippen molar-refractivity contribution in [3.05, 3.63) is 11.4 Å². The van der Waals surface area contributed by atoms with E-state index >= 15 is 0 Å². The van der Waals surface area contributed by atoms with Gasteiger partial charge in [0.15, 0.2) is 5.54 Å². The van der Waals surface area contributed by atoms with E-state index in [1.165, 1.54) is 6.21 Å². The van der Waals surface area contributed by atoms with Gasteiger partial charge in [0, 0.05) is 11.9 Å². The third kappa shape index (κ3) is 1.32. The summed E-state index contributed by atoms with van der Waals surface area (Å²) in [5.41, 5.74) is 0.583. The Morgan fingerprint density at radius 3 is 2.67 bits per heavy atom. The molecule has 1 atom stereocenters. The van der Waals surface area contributed by atoms with Crippen LogP contribution in [-0.4, -0.2) is 22.8 Å². The number of aliphatic carboxylic acids is 1. The van der Waals surface area contributed by atoms with Gasteiger partial charge >= 0.3 is 5.97 Å². The van der Waals surface area contributed by atoms with Gasteiger partial charge in [0.2, 0.25) is 0 Å². The number of hydrogen-bond donors (Lipinski definition) is 2. The molecule has 1 unspecified atom stereocenters. The molecule has 0 aromatic heterocycles. The first-order chi connectivity index (χ1) is 5.46. The normalized spacial score (nSPS) is 28.6. The van der Waals surface area contributed by atoms with Gasteiger partial charge in [0.1, 0.15) is 0 Å². The number of aliphatic imine (C=N–C) groups is 1. The van der Waals surface area contributed by atoms with Crippen molar-refractivity contribution in [3.8, 4) is 0 Å². The zero-order chi connectivity index (χ0) is 9.35. The van der Waals surface area contributed by atoms with Crippen LogP contribution in [0.15, 0.2) is 16.4 Å². The fourth-order valence-corrected chi connectivity index (χ4v) is 0.944. The van der Waals surface area contributed by atoms with Gasteiger partial charge in [-0.3, -0.25) is 4.99 Å². The summed E-state index contributed by atoms with van der Waals surface area (Å²) in [7, 11) is 0. The molecule has 0 aromatic rings. The Labute approximate surface area is 71.0 Å². The summed E-state index contributed by atoms with van der Waals surface area (Å²) in [6, 6.07) is 0. The molecule has 0 aliphatic carbocycles. The molecule has 0 aromatic carbocycles. The lowest BCUT2D eigenvalue weighted by Crippen LogP contribution is -2.51. The van der Waals surface area contributed by atoms with Crippen molar-refractivity contribution >= 4 is 12.2 Å². The molecule has 0 saturated heterocycles. The van der Waals surface area contributed by atoms with Crippen LogP contribution in [0, 0.1) is 0 Å². The summed E-state index contributed by atoms with van der Waals surface area (Å²) in [6.07, 6.45) is 1.41. The van der Waals surface area contributed by atoms with Crippen LogP contribution < -0.4 is 5.32 Å². The second kappa shape index (κ2) is 2.62. The number of hydrogen-bond acceptors (Lipinski definition) is 3. The topological polar surface area (TPSA) is 61.7 Å². The molecule has 66 valence electrons. The van der Waals surface area contributed by atoms with E-state index in [4.69, 9.17) is 5.11 Å². The summed E-state index contributed by atoms with van der Waals surface area (Å²) in [5.74, 6) is -0.918. The number of carboxylic acids is 1. The van der Waals surface area contributed by atoms with E-state index in [0.717, 1.165) is 11.4 Å². The van der Waals surface area contributed by atoms with E-state index < -0.39 is 11.5 Å². The first kappa shape index (κ1) is 8.77. The average molecular weight is 168 g/mol. The Kier molecular flexibility index (Phi) is 1.92. The molecule has 1 aliphatic rings. The molecule has 0 spiro atoms. The fourth-order valence-electron chi connectivity index (χ4n) is 0.944. The number of nitrogens with zero attached hydrogens (tertiary/aromatic N) is 1. The largest absolute Gasteiger partial charge is 0.479 e. The maximum absolute atomic E-state index is 10.8. The van der Waals surface area contributed by atoms with E-state index in [2.05, 4.69) is 10.3 Å². The number of allylic oxidation sites excluding steroid dienone is 2. The van der Waals surface area contributed by atoms with Crippen LogP contribution in [0.5, 0.6) is 0 Å². The Morgan fingerprint density at radius 2 is 2.25 bits per heavy atom. The van der Waals surface area contributed by atoms with E-state index in [0.29, 0.717) is 0 Å². The Morgan fingerprint density at radius 1 is 1.67 bits per heavy atom. The van der Waals surface area contributed by atoms with E-state index in [9.17, 15) is 4.79 Å². The van der Waals surface area contributed by atoms with E-state index in [-0.39, 0.29) is 0 Å². The number of nitrogens with one attached hydrogen (secondary N) is 1. The zero-order valence-electron chi connectivity index (χ0n) is 7.38. The van der Waals surface area contributed by atoms with Gasteiger partial charge in [-0.15, -0.1) is 0 Å². The van der Waals surface area contributed by atoms with E-state index in [1.54, 1.807) is 6.92 Å². The van der Waals surface area contributed by atoms with Crippen LogP contribution in [0.1, 0.15) is 20.8 Å². The molecule has 1 aliphatic heterocycles. The highest BCUT2D eigenvalue weighted by Crippen LogP contribution is 2.14. The number of carbonyl (C=O) groups is 1. The van der Waals surface area contributed by atoms with Gasteiger partial charge in [0.25, 0.3) is 0 Å². The van der Waals surface area contributed by atoms with Crippen molar-refractivity contribution in [2.24, 2.45) is 4.99 Å². The lowest BCUT2D eigenvalue weighted by Gasteiger charge is -2.27. The molecule has 2 N–H and O–H groups in total. The predicted octanol–water partition coefficient (Wildman–Crippen LogP) is 0.755. The zero-order valence-corrected chi connectivity index (χ0v) is 7.38. The monoisotopic (exact) mass is 168 g/mol. The lowest BCUT2D eigenvalue weighted by atomic mass is 10.0. The first-order valence-electron chi connectivity index (χ1n) is 3.70. The molecule has 0 radical (unpaired) electrons. The van der Waals surface area contributed by atoms with Crippen LogP contribution in [0.3, 0.4) is 0 Å². The minimum atomic E-state index is -1.05. The molecule has 0 bridgehead atoms. The summed E-state index contributed by atoms with van der Waals surface area (Å²) in [6.45, 7) is 5.22. The van der Waals surface area contributed by atoms with Crippen molar-refractivity contribution in [1.82, 2.24) is 5.32 Å². The number of rotatable bonds is 1. The molecule has 0 amide bonds. The molecule has 12 heavy (non-hydrogen) atoms. The van der Waals surface area contributed by atoms with Gasteiger partial charge in [-0.1, -0.05) is 0 Å². The third-order valence-electron chi connectivity index (χ3n) is 1.95. The smallest absolute Gasteiger partial charge is 0.334 e. The van der Waals surface area contributed by atoms with Gasteiger partial charge in [-0.2, -0.15) is 0 Å². The van der Waals surface area contributed by atoms with Gasteiger partial charge in [0.05, 0.1) is 5.70 Å². The standard InChI is InChI=1S/C8H12N2O2/c1-5-6(2)10-8(3,4-9-5)7(11)12/h4,10H,1-3H3,(H,11,12). The van der Waals surface area contributed by atoms with Crippen LogP contribution >= 0.6 is 0 Å². The second-order valence-corrected chi connectivity index (χ2v) is 3.10. The van der Waals surface area contributed by atoms with Crippen LogP contribution in [0.25, 0.3) is 0 Å². The van der Waals surface area contributed by atoms with Gasteiger partial charge in [-0.25, -0.2) is 4.79 Å². The molecule has 4 heteroatoms. The SMILES string of the molecule is CC1=C(C)NC(C)(C(=O)O)C=N1. The maximum Gasteiger partial charge on any atom is 0.334 e. The van der Waals surface area contributed by atoms with Crippen molar-refractivity contribution < 1.29 is 9.90 Å². The van der Waals surface area contributed by atoms with Crippen molar-refractivity contribution in [2.75, 3.05) is 0 Å². The number of carboxylic acid groups (broad SMARTS) is 1. The highest BCUT2D eigenvalue weighted by molar-refractivity contribution is 5.99. The summed E-state index contributed by atoms with van der Waals surface area (Å²) < 4.78 is 0. The molecular formula is C8H12N2O2. The molecular weight excluding hydrogens is 156 g/mol. The molecule has 4 nitrogen and oxygen atoms in total. The Hall–Kier alpha value is -1.32. The molecule has 1 rings (SSSR count). The highest BCUT2D eigenvalue weighted by atomic mass is 16.4. The molecule has 0 fully saturated rings. The summed E-state index contributed by atoms with van der Waals surface area (Å²) in [5, 5.41) is 11.7. The first-order valence-corrected chi connectivity index (χ1v) is 3.70. The highest BCUT2D eigenvalue weighted by Gasteiger charge is 2.33. The summed E-state index contributed by atoms with van der Waals surface area (Å²) in [4.78, 5) is 14.7. The van der Waals surface area contributed by atoms with Crippen LogP contribution in [0.2, 0.25) is 0 Å². The summed E-state index contributed by atoms with van der Waals surface area (Å²) >= 11 is 0. The molecule has 0 saturated carbocycles. The lowest BCUT2D eigenvalue weighted by molar-refractivity contribution is -0.140.